The van der Waals surface area contributed by atoms with Crippen LogP contribution >= 0.6 is 15.9 Å². The lowest BCUT2D eigenvalue weighted by Gasteiger charge is -2.17. The molecule has 1 unspecified atom stereocenters. The highest BCUT2D eigenvalue weighted by atomic mass is 79.9. The average Bonchev–Trinajstić information content (AvgIpc) is 3.05. The Morgan fingerprint density at radius 3 is 2.79 bits per heavy atom. The first-order chi connectivity index (χ1) is 11.6. The Bertz CT molecular complexity index is 694. The van der Waals surface area contributed by atoms with Crippen molar-refractivity contribution in [2.24, 2.45) is 0 Å². The van der Waals surface area contributed by atoms with Gasteiger partial charge in [0.05, 0.1) is 6.54 Å². The number of carbonyl (C=O) groups is 1. The van der Waals surface area contributed by atoms with E-state index in [9.17, 15) is 9.18 Å². The lowest BCUT2D eigenvalue weighted by molar-refractivity contribution is -0.132. The molecule has 24 heavy (non-hydrogen) atoms. The molecule has 1 saturated heterocycles. The number of rotatable bonds is 5. The van der Waals surface area contributed by atoms with Gasteiger partial charge in [-0.3, -0.25) is 4.79 Å². The molecule has 1 aliphatic rings. The van der Waals surface area contributed by atoms with E-state index in [0.717, 1.165) is 10.9 Å². The zero-order valence-electron chi connectivity index (χ0n) is 12.8. The van der Waals surface area contributed by atoms with Crippen LogP contribution in [-0.4, -0.2) is 41.6 Å². The third kappa shape index (κ3) is 4.44. The number of ether oxygens (including phenoxy) is 2. The molecule has 1 fully saturated rings. The second kappa shape index (κ2) is 7.61. The number of carbonyl (C=O) groups excluding carboxylic acids is 1. The van der Waals surface area contributed by atoms with Gasteiger partial charge in [-0.05, 0) is 46.3 Å². The van der Waals surface area contributed by atoms with Crippen LogP contribution in [0.15, 0.2) is 47.1 Å². The second-order valence-corrected chi connectivity index (χ2v) is 6.34. The maximum absolute atomic E-state index is 12.8. The van der Waals surface area contributed by atoms with Crippen LogP contribution in [0.2, 0.25) is 0 Å². The standard InChI is InChI=1S/C17H16BrFN2O3/c18-12-1-6-16(20-9-12)24-15-7-8-21(10-15)17(22)11-23-14-4-2-13(19)3-5-14/h1-6,9,15H,7-8,10-11H2. The number of hydrogen-bond acceptors (Lipinski definition) is 4. The van der Waals surface area contributed by atoms with Crippen LogP contribution in [0.5, 0.6) is 11.6 Å². The van der Waals surface area contributed by atoms with E-state index in [1.54, 1.807) is 17.2 Å². The van der Waals surface area contributed by atoms with Crippen molar-refractivity contribution in [3.63, 3.8) is 0 Å². The number of aromatic nitrogens is 1. The van der Waals surface area contributed by atoms with Gasteiger partial charge in [0.15, 0.2) is 6.61 Å². The molecule has 0 aliphatic carbocycles. The Morgan fingerprint density at radius 2 is 2.08 bits per heavy atom. The first kappa shape index (κ1) is 16.7. The van der Waals surface area contributed by atoms with Gasteiger partial charge < -0.3 is 14.4 Å². The molecule has 1 aromatic heterocycles. The minimum Gasteiger partial charge on any atom is -0.484 e. The number of likely N-dealkylation sites (tertiary alicyclic amines) is 1. The second-order valence-electron chi connectivity index (χ2n) is 5.43. The lowest BCUT2D eigenvalue weighted by Crippen LogP contribution is -2.34. The van der Waals surface area contributed by atoms with Crippen molar-refractivity contribution >= 4 is 21.8 Å². The van der Waals surface area contributed by atoms with E-state index in [0.29, 0.717) is 24.7 Å². The smallest absolute Gasteiger partial charge is 0.260 e. The fourth-order valence-corrected chi connectivity index (χ4v) is 2.66. The van der Waals surface area contributed by atoms with Crippen molar-refractivity contribution in [3.8, 4) is 11.6 Å². The molecule has 0 spiro atoms. The predicted octanol–water partition coefficient (Wildman–Crippen LogP) is 3.04. The van der Waals surface area contributed by atoms with Gasteiger partial charge in [0.2, 0.25) is 5.88 Å². The first-order valence-corrected chi connectivity index (χ1v) is 8.34. The molecule has 2 aromatic rings. The average molecular weight is 395 g/mol. The van der Waals surface area contributed by atoms with Crippen LogP contribution in [0.4, 0.5) is 4.39 Å². The SMILES string of the molecule is O=C(COc1ccc(F)cc1)N1CCC(Oc2ccc(Br)cn2)C1. The number of hydrogen-bond donors (Lipinski definition) is 0. The van der Waals surface area contributed by atoms with Crippen molar-refractivity contribution in [1.82, 2.24) is 9.88 Å². The summed E-state index contributed by atoms with van der Waals surface area (Å²) in [6.45, 7) is 1.05. The largest absolute Gasteiger partial charge is 0.484 e. The number of halogens is 2. The normalized spacial score (nSPS) is 16.9. The van der Waals surface area contributed by atoms with E-state index in [1.807, 2.05) is 6.07 Å². The van der Waals surface area contributed by atoms with Gasteiger partial charge in [-0.1, -0.05) is 0 Å². The molecular formula is C17H16BrFN2O3. The minimum absolute atomic E-state index is 0.0745. The molecule has 1 amide bonds. The third-order valence-corrected chi connectivity index (χ3v) is 4.13. The van der Waals surface area contributed by atoms with Gasteiger partial charge in [-0.2, -0.15) is 0 Å². The third-order valence-electron chi connectivity index (χ3n) is 3.66. The van der Waals surface area contributed by atoms with Crippen molar-refractivity contribution in [1.29, 1.82) is 0 Å². The number of benzene rings is 1. The number of pyridine rings is 1. The van der Waals surface area contributed by atoms with Crippen LogP contribution < -0.4 is 9.47 Å². The Hall–Kier alpha value is -2.15. The summed E-state index contributed by atoms with van der Waals surface area (Å²) in [7, 11) is 0. The van der Waals surface area contributed by atoms with Crippen molar-refractivity contribution in [2.75, 3.05) is 19.7 Å². The van der Waals surface area contributed by atoms with E-state index in [2.05, 4.69) is 20.9 Å². The highest BCUT2D eigenvalue weighted by Gasteiger charge is 2.28. The van der Waals surface area contributed by atoms with E-state index >= 15 is 0 Å². The Morgan fingerprint density at radius 1 is 1.29 bits per heavy atom. The zero-order valence-corrected chi connectivity index (χ0v) is 14.4. The molecule has 0 N–H and O–H groups in total. The summed E-state index contributed by atoms with van der Waals surface area (Å²) < 4.78 is 24.9. The number of amides is 1. The molecule has 1 aliphatic heterocycles. The van der Waals surface area contributed by atoms with Crippen LogP contribution in [-0.2, 0) is 4.79 Å². The van der Waals surface area contributed by atoms with E-state index < -0.39 is 0 Å². The lowest BCUT2D eigenvalue weighted by atomic mass is 10.3. The molecule has 1 aromatic carbocycles. The summed E-state index contributed by atoms with van der Waals surface area (Å²) in [4.78, 5) is 18.0. The molecule has 2 heterocycles. The molecule has 3 rings (SSSR count). The van der Waals surface area contributed by atoms with Gasteiger partial charge in [0.1, 0.15) is 17.7 Å². The molecule has 0 bridgehead atoms. The fraction of sp³-hybridized carbons (Fsp3) is 0.294. The predicted molar refractivity (Wildman–Crippen MR) is 89.4 cm³/mol. The quantitative estimate of drug-likeness (QED) is 0.781. The molecule has 0 radical (unpaired) electrons. The van der Waals surface area contributed by atoms with Crippen LogP contribution in [0.3, 0.4) is 0 Å². The summed E-state index contributed by atoms with van der Waals surface area (Å²) in [5.41, 5.74) is 0. The zero-order chi connectivity index (χ0) is 16.9. The fourth-order valence-electron chi connectivity index (χ4n) is 2.42. The van der Waals surface area contributed by atoms with Crippen molar-refractivity contribution in [3.05, 3.63) is 52.9 Å². The Kier molecular flexibility index (Phi) is 5.30. The molecular weight excluding hydrogens is 379 g/mol. The van der Waals surface area contributed by atoms with E-state index in [1.165, 1.54) is 24.3 Å². The monoisotopic (exact) mass is 394 g/mol. The molecule has 1 atom stereocenters. The first-order valence-electron chi connectivity index (χ1n) is 7.54. The summed E-state index contributed by atoms with van der Waals surface area (Å²) in [5.74, 6) is 0.555. The van der Waals surface area contributed by atoms with Crippen LogP contribution in [0.1, 0.15) is 6.42 Å². The molecule has 5 nitrogen and oxygen atoms in total. The Labute approximate surface area is 147 Å². The summed E-state index contributed by atoms with van der Waals surface area (Å²) in [5, 5.41) is 0. The summed E-state index contributed by atoms with van der Waals surface area (Å²) in [6, 6.07) is 9.23. The van der Waals surface area contributed by atoms with Crippen LogP contribution in [0.25, 0.3) is 0 Å². The van der Waals surface area contributed by atoms with E-state index in [4.69, 9.17) is 9.47 Å². The maximum Gasteiger partial charge on any atom is 0.260 e. The van der Waals surface area contributed by atoms with Crippen LogP contribution in [0, 0.1) is 5.82 Å². The van der Waals surface area contributed by atoms with Gasteiger partial charge in [-0.15, -0.1) is 0 Å². The molecule has 7 heteroatoms. The van der Waals surface area contributed by atoms with Crippen molar-refractivity contribution in [2.45, 2.75) is 12.5 Å². The van der Waals surface area contributed by atoms with E-state index in [-0.39, 0.29) is 24.4 Å². The Balaban J connectivity index is 1.46. The molecule has 126 valence electrons. The number of nitrogens with zero attached hydrogens (tertiary/aromatic N) is 2. The minimum atomic E-state index is -0.338. The highest BCUT2D eigenvalue weighted by Crippen LogP contribution is 2.19. The van der Waals surface area contributed by atoms with Gasteiger partial charge in [0.25, 0.3) is 5.91 Å². The van der Waals surface area contributed by atoms with Gasteiger partial charge >= 0.3 is 0 Å². The molecule has 0 saturated carbocycles. The van der Waals surface area contributed by atoms with Gasteiger partial charge in [-0.25, -0.2) is 9.37 Å². The summed E-state index contributed by atoms with van der Waals surface area (Å²) in [6.07, 6.45) is 2.34. The maximum atomic E-state index is 12.8. The topological polar surface area (TPSA) is 51.7 Å². The highest BCUT2D eigenvalue weighted by molar-refractivity contribution is 9.10. The summed E-state index contributed by atoms with van der Waals surface area (Å²) >= 11 is 3.32. The van der Waals surface area contributed by atoms with Gasteiger partial charge in [0, 0.05) is 29.7 Å². The van der Waals surface area contributed by atoms with Crippen molar-refractivity contribution < 1.29 is 18.7 Å².